The Morgan fingerprint density at radius 3 is 1.05 bits per heavy atom. The third-order valence-electron chi connectivity index (χ3n) is 14.1. The van der Waals surface area contributed by atoms with Crippen molar-refractivity contribution in [2.45, 2.75) is 328 Å². The molecule has 0 bridgehead atoms. The summed E-state index contributed by atoms with van der Waals surface area (Å²) in [5, 5.41) is 9.84. The van der Waals surface area contributed by atoms with Gasteiger partial charge in [0.1, 0.15) is 12.7 Å². The van der Waals surface area contributed by atoms with Gasteiger partial charge in [-0.15, -0.1) is 0 Å². The lowest BCUT2D eigenvalue weighted by Gasteiger charge is -2.21. The molecule has 3 unspecified atom stereocenters. The monoisotopic (exact) mass is 1090 g/mol. The molecule has 2 N–H and O–H groups in total. The molecule has 0 aliphatic rings. The Balaban J connectivity index is 4.65. The van der Waals surface area contributed by atoms with Crippen LogP contribution in [0.4, 0.5) is 0 Å². The second-order valence-corrected chi connectivity index (χ2v) is 23.0. The zero-order valence-electron chi connectivity index (χ0n) is 49.5. The summed E-state index contributed by atoms with van der Waals surface area (Å²) < 4.78 is 39.7. The number of ether oxygens (including phenoxy) is 3. The first-order chi connectivity index (χ1) is 37.2. The molecular weight excluding hydrogens is 976 g/mol. The maximum Gasteiger partial charge on any atom is 0.472 e. The normalized spacial score (nSPS) is 13.5. The van der Waals surface area contributed by atoms with Crippen molar-refractivity contribution in [3.05, 3.63) is 36.5 Å². The van der Waals surface area contributed by atoms with E-state index < -0.39 is 57.8 Å². The van der Waals surface area contributed by atoms with E-state index in [1.165, 1.54) is 167 Å². The molecule has 446 valence electrons. The fraction of sp³-hybridized carbons (Fsp3) is 0.859. The highest BCUT2D eigenvalue weighted by molar-refractivity contribution is 7.47. The molecule has 0 amide bonds. The fourth-order valence-electron chi connectivity index (χ4n) is 9.26. The van der Waals surface area contributed by atoms with E-state index in [0.717, 1.165) is 89.9 Å². The van der Waals surface area contributed by atoms with Crippen LogP contribution < -0.4 is 0 Å². The van der Waals surface area contributed by atoms with E-state index in [9.17, 15) is 28.9 Å². The predicted octanol–water partition coefficient (Wildman–Crippen LogP) is 19.2. The highest BCUT2D eigenvalue weighted by Gasteiger charge is 2.28. The largest absolute Gasteiger partial charge is 0.472 e. The molecule has 0 spiro atoms. The minimum atomic E-state index is -4.75. The summed E-state index contributed by atoms with van der Waals surface area (Å²) in [6.45, 7) is 4.59. The van der Waals surface area contributed by atoms with Crippen LogP contribution in [0, 0.1) is 0 Å². The Labute approximate surface area is 467 Å². The zero-order valence-corrected chi connectivity index (χ0v) is 50.4. The van der Waals surface area contributed by atoms with Crippen LogP contribution in [0.1, 0.15) is 316 Å². The first-order valence-electron chi connectivity index (χ1n) is 31.9. The lowest BCUT2D eigenvalue weighted by Crippen LogP contribution is -2.30. The Morgan fingerprint density at radius 1 is 0.382 bits per heavy atom. The number of hydrogen-bond donors (Lipinski definition) is 2. The van der Waals surface area contributed by atoms with Gasteiger partial charge in [-0.05, 0) is 51.4 Å². The molecule has 0 aliphatic carbocycles. The number of carbonyl (C=O) groups is 3. The topological polar surface area (TPSA) is 155 Å². The highest BCUT2D eigenvalue weighted by Crippen LogP contribution is 2.43. The van der Waals surface area contributed by atoms with E-state index >= 15 is 0 Å². The van der Waals surface area contributed by atoms with Gasteiger partial charge in [-0.2, -0.15) is 0 Å². The predicted molar refractivity (Wildman–Crippen MR) is 316 cm³/mol. The number of phosphoric ester groups is 1. The molecular formula is C64H119O11P. The molecule has 0 saturated heterocycles. The van der Waals surface area contributed by atoms with Crippen LogP contribution in [0.15, 0.2) is 36.5 Å². The molecule has 0 rings (SSSR count). The second-order valence-electron chi connectivity index (χ2n) is 21.6. The lowest BCUT2D eigenvalue weighted by molar-refractivity contribution is -0.161. The average molecular weight is 1100 g/mol. The molecule has 0 aromatic carbocycles. The third-order valence-corrected chi connectivity index (χ3v) is 15.0. The van der Waals surface area contributed by atoms with E-state index in [0.29, 0.717) is 19.3 Å². The summed E-state index contributed by atoms with van der Waals surface area (Å²) in [5.41, 5.74) is 0. The van der Waals surface area contributed by atoms with Crippen LogP contribution in [0.25, 0.3) is 0 Å². The maximum atomic E-state index is 12.9. The van der Waals surface area contributed by atoms with E-state index in [1.54, 1.807) is 0 Å². The summed E-state index contributed by atoms with van der Waals surface area (Å²) in [5.74, 6) is -1.46. The van der Waals surface area contributed by atoms with Gasteiger partial charge in [0.15, 0.2) is 6.10 Å². The van der Waals surface area contributed by atoms with E-state index in [4.69, 9.17) is 23.3 Å². The minimum Gasteiger partial charge on any atom is -0.462 e. The van der Waals surface area contributed by atoms with Crippen LogP contribution in [-0.2, 0) is 42.2 Å². The van der Waals surface area contributed by atoms with Gasteiger partial charge in [0.05, 0.1) is 19.8 Å². The van der Waals surface area contributed by atoms with Crippen molar-refractivity contribution in [2.24, 2.45) is 0 Å². The van der Waals surface area contributed by atoms with Gasteiger partial charge in [0.2, 0.25) is 0 Å². The quantitative estimate of drug-likeness (QED) is 0.0197. The fourth-order valence-corrected chi connectivity index (χ4v) is 10.0. The van der Waals surface area contributed by atoms with E-state index in [1.807, 2.05) is 0 Å². The van der Waals surface area contributed by atoms with Crippen molar-refractivity contribution >= 4 is 25.7 Å². The van der Waals surface area contributed by atoms with Crippen molar-refractivity contribution in [3.8, 4) is 0 Å². The molecule has 76 heavy (non-hydrogen) atoms. The maximum absolute atomic E-state index is 12.9. The van der Waals surface area contributed by atoms with Crippen molar-refractivity contribution in [1.29, 1.82) is 0 Å². The molecule has 3 atom stereocenters. The Bertz CT molecular complexity index is 1420. The number of hydrogen-bond acceptors (Lipinski definition) is 10. The Morgan fingerprint density at radius 2 is 0.684 bits per heavy atom. The van der Waals surface area contributed by atoms with Crippen LogP contribution >= 0.6 is 7.82 Å². The number of allylic oxidation sites excluding steroid dienone is 6. The number of unbranched alkanes of at least 4 members (excludes halogenated alkanes) is 37. The number of rotatable bonds is 60. The molecule has 11 nitrogen and oxygen atoms in total. The first kappa shape index (κ1) is 73.7. The summed E-state index contributed by atoms with van der Waals surface area (Å²) in [6, 6.07) is 0. The number of aliphatic hydroxyl groups is 1. The molecule has 0 heterocycles. The lowest BCUT2D eigenvalue weighted by atomic mass is 10.0. The van der Waals surface area contributed by atoms with Gasteiger partial charge in [0, 0.05) is 19.3 Å². The van der Waals surface area contributed by atoms with Crippen molar-refractivity contribution in [1.82, 2.24) is 0 Å². The molecule has 0 aromatic rings. The van der Waals surface area contributed by atoms with Crippen molar-refractivity contribution < 1.29 is 52.2 Å². The second kappa shape index (κ2) is 58.8. The average Bonchev–Trinajstić information content (AvgIpc) is 3.41. The molecule has 0 fully saturated rings. The summed E-state index contributed by atoms with van der Waals surface area (Å²) in [7, 11) is -4.75. The van der Waals surface area contributed by atoms with Gasteiger partial charge in [-0.3, -0.25) is 23.4 Å². The van der Waals surface area contributed by atoms with E-state index in [-0.39, 0.29) is 25.9 Å². The number of phosphoric acid groups is 1. The van der Waals surface area contributed by atoms with Crippen LogP contribution in [-0.4, -0.2) is 66.5 Å². The smallest absolute Gasteiger partial charge is 0.462 e. The van der Waals surface area contributed by atoms with Gasteiger partial charge < -0.3 is 24.2 Å². The van der Waals surface area contributed by atoms with Crippen molar-refractivity contribution in [2.75, 3.05) is 26.4 Å². The van der Waals surface area contributed by atoms with Gasteiger partial charge >= 0.3 is 25.7 Å². The standard InChI is InChI=1S/C64H119O11P/c1-4-7-10-13-16-19-22-25-28-29-30-31-34-35-38-41-44-47-50-53-62(66)71-57-61(75-64(68)55-52-49-46-43-40-37-33-27-24-21-18-15-12-9-6-3)59-73-76(69,70)72-58-60(56-65)74-63(67)54-51-48-45-42-39-36-32-26-23-20-17-14-11-8-5-2/h9,12,18,21,27,33,60-61,65H,4-8,10-11,13-17,19-20,22-26,28-32,34-59H2,1-3H3,(H,69,70)/b12-9-,21-18-,33-27-. The zero-order chi connectivity index (χ0) is 55.5. The Kier molecular flexibility index (Phi) is 57.1. The molecule has 0 radical (unpaired) electrons. The number of esters is 3. The summed E-state index contributed by atoms with van der Waals surface area (Å²) in [4.78, 5) is 48.7. The van der Waals surface area contributed by atoms with E-state index in [2.05, 4.69) is 57.2 Å². The molecule has 0 saturated carbocycles. The highest BCUT2D eigenvalue weighted by atomic mass is 31.2. The number of carbonyl (C=O) groups excluding carboxylic acids is 3. The van der Waals surface area contributed by atoms with Gasteiger partial charge in [-0.25, -0.2) is 4.57 Å². The van der Waals surface area contributed by atoms with Gasteiger partial charge in [0.25, 0.3) is 0 Å². The summed E-state index contributed by atoms with van der Waals surface area (Å²) >= 11 is 0. The minimum absolute atomic E-state index is 0.152. The first-order valence-corrected chi connectivity index (χ1v) is 33.4. The molecule has 0 aliphatic heterocycles. The third kappa shape index (κ3) is 56.4. The van der Waals surface area contributed by atoms with Crippen molar-refractivity contribution in [3.63, 3.8) is 0 Å². The molecule has 12 heteroatoms. The van der Waals surface area contributed by atoms with Gasteiger partial charge in [-0.1, -0.05) is 282 Å². The number of aliphatic hydroxyl groups excluding tert-OH is 1. The SMILES string of the molecule is CC/C=C\C/C=C\C/C=C\CCCCCCCC(=O)OC(COC(=O)CCCCCCCCCCCCCCCCCCCCC)COP(=O)(O)OCC(CO)OC(=O)CCCCCCCCCCCCCCCCC. The Hall–Kier alpha value is -2.30. The molecule has 0 aromatic heterocycles. The summed E-state index contributed by atoms with van der Waals surface area (Å²) in [6.07, 6.45) is 62.4. The van der Waals surface area contributed by atoms with Crippen LogP contribution in [0.2, 0.25) is 0 Å². The van der Waals surface area contributed by atoms with Crippen LogP contribution in [0.3, 0.4) is 0 Å². The van der Waals surface area contributed by atoms with Crippen LogP contribution in [0.5, 0.6) is 0 Å².